The predicted molar refractivity (Wildman–Crippen MR) is 400 cm³/mol. The summed E-state index contributed by atoms with van der Waals surface area (Å²) >= 11 is 0. The SMILES string of the molecule is CC/C=C\C/C=C\C/C=C\C/C=C\C/C=C\C/C=C\C/C=C\CCCCCCCCCCCCCCCC(=O)OC(COC(=O)CCCCCCCCCCCCCCCCCCC/C=C\C/C=C\C/C=C\C/C=C\C/C=C\CC)COC(OCC[N+](C)(C)C)C(=O)O. The van der Waals surface area contributed by atoms with Crippen LogP contribution in [0.3, 0.4) is 0 Å². The van der Waals surface area contributed by atoms with E-state index in [1.807, 2.05) is 21.1 Å². The van der Waals surface area contributed by atoms with Gasteiger partial charge in [-0.2, -0.15) is 0 Å². The Morgan fingerprint density at radius 1 is 0.323 bits per heavy atom. The molecule has 9 heteroatoms. The lowest BCUT2D eigenvalue weighted by molar-refractivity contribution is -0.870. The van der Waals surface area contributed by atoms with Crippen molar-refractivity contribution in [1.82, 2.24) is 0 Å². The van der Waals surface area contributed by atoms with Gasteiger partial charge < -0.3 is 28.5 Å². The third kappa shape index (κ3) is 74.4. The van der Waals surface area contributed by atoms with Crippen molar-refractivity contribution in [2.75, 3.05) is 47.5 Å². The molecule has 9 nitrogen and oxygen atoms in total. The summed E-state index contributed by atoms with van der Waals surface area (Å²) in [6.45, 7) is 4.67. The highest BCUT2D eigenvalue weighted by molar-refractivity contribution is 5.71. The lowest BCUT2D eigenvalue weighted by Gasteiger charge is -2.25. The van der Waals surface area contributed by atoms with E-state index < -0.39 is 24.3 Å². The first-order chi connectivity index (χ1) is 45.6. The van der Waals surface area contributed by atoms with Gasteiger partial charge in [0.05, 0.1) is 34.4 Å². The molecule has 1 N–H and O–H groups in total. The summed E-state index contributed by atoms with van der Waals surface area (Å²) in [5, 5.41) is 9.77. The monoisotopic (exact) mass is 1290 g/mol. The Morgan fingerprint density at radius 2 is 0.581 bits per heavy atom. The van der Waals surface area contributed by atoms with Gasteiger partial charge in [0.15, 0.2) is 6.10 Å². The van der Waals surface area contributed by atoms with E-state index in [0.717, 1.165) is 116 Å². The van der Waals surface area contributed by atoms with E-state index >= 15 is 0 Å². The number of carboxylic acid groups (broad SMARTS) is 1. The molecule has 0 saturated heterocycles. The van der Waals surface area contributed by atoms with Crippen LogP contribution >= 0.6 is 0 Å². The van der Waals surface area contributed by atoms with E-state index in [9.17, 15) is 19.5 Å². The number of quaternary nitrogens is 1. The molecule has 0 aliphatic rings. The Labute approximate surface area is 572 Å². The second-order valence-corrected chi connectivity index (χ2v) is 26.2. The molecule has 0 aromatic carbocycles. The van der Waals surface area contributed by atoms with Gasteiger partial charge in [-0.1, -0.05) is 327 Å². The van der Waals surface area contributed by atoms with Gasteiger partial charge in [-0.15, -0.1) is 0 Å². The Hall–Kier alpha value is -4.83. The van der Waals surface area contributed by atoms with Crippen molar-refractivity contribution in [3.63, 3.8) is 0 Å². The fourth-order valence-electron chi connectivity index (χ4n) is 10.4. The zero-order valence-corrected chi connectivity index (χ0v) is 60.6. The van der Waals surface area contributed by atoms with Crippen molar-refractivity contribution >= 4 is 17.9 Å². The number of aliphatic carboxylic acids is 1. The predicted octanol–water partition coefficient (Wildman–Crippen LogP) is 24.3. The number of rotatable bonds is 69. The Bertz CT molecular complexity index is 2040. The van der Waals surface area contributed by atoms with E-state index in [0.29, 0.717) is 23.9 Å². The van der Waals surface area contributed by atoms with Gasteiger partial charge in [0.1, 0.15) is 13.2 Å². The van der Waals surface area contributed by atoms with E-state index in [4.69, 9.17) is 18.9 Å². The minimum absolute atomic E-state index is 0.183. The lowest BCUT2D eigenvalue weighted by Crippen LogP contribution is -2.40. The molecule has 530 valence electrons. The van der Waals surface area contributed by atoms with Crippen LogP contribution in [-0.2, 0) is 33.3 Å². The molecule has 0 amide bonds. The van der Waals surface area contributed by atoms with Crippen molar-refractivity contribution in [1.29, 1.82) is 0 Å². The summed E-state index contributed by atoms with van der Waals surface area (Å²) in [7, 11) is 5.98. The van der Waals surface area contributed by atoms with Crippen molar-refractivity contribution < 1.29 is 42.9 Å². The largest absolute Gasteiger partial charge is 0.477 e. The molecule has 0 aliphatic heterocycles. The molecule has 0 aromatic heterocycles. The summed E-state index contributed by atoms with van der Waals surface area (Å²) < 4.78 is 23.0. The number of allylic oxidation sites excluding steroid dienone is 24. The average Bonchev–Trinajstić information content (AvgIpc) is 3.74. The summed E-state index contributed by atoms with van der Waals surface area (Å²) in [6.07, 6.45) is 104. The summed E-state index contributed by atoms with van der Waals surface area (Å²) in [5.74, 6) is -2.00. The van der Waals surface area contributed by atoms with Crippen molar-refractivity contribution in [3.8, 4) is 0 Å². The Kier molecular flexibility index (Phi) is 69.2. The van der Waals surface area contributed by atoms with Crippen LogP contribution in [0.2, 0.25) is 0 Å². The Morgan fingerprint density at radius 3 is 0.860 bits per heavy atom. The second-order valence-electron chi connectivity index (χ2n) is 26.2. The van der Waals surface area contributed by atoms with Gasteiger partial charge in [0.2, 0.25) is 0 Å². The first-order valence-electron chi connectivity index (χ1n) is 38.0. The van der Waals surface area contributed by atoms with Crippen LogP contribution in [0.1, 0.15) is 309 Å². The number of hydrogen-bond donors (Lipinski definition) is 1. The van der Waals surface area contributed by atoms with Gasteiger partial charge in [0.25, 0.3) is 6.29 Å². The van der Waals surface area contributed by atoms with Gasteiger partial charge in [-0.05, 0) is 116 Å². The molecule has 0 fully saturated rings. The quantitative estimate of drug-likeness (QED) is 0.0211. The maximum atomic E-state index is 13.0. The van der Waals surface area contributed by atoms with E-state index in [1.54, 1.807) is 0 Å². The third-order valence-corrected chi connectivity index (χ3v) is 16.1. The third-order valence-electron chi connectivity index (χ3n) is 16.1. The average molecular weight is 1290 g/mol. The highest BCUT2D eigenvalue weighted by Gasteiger charge is 2.25. The van der Waals surface area contributed by atoms with Gasteiger partial charge in [0, 0.05) is 12.8 Å². The molecular weight excluding hydrogens is 1150 g/mol. The summed E-state index contributed by atoms with van der Waals surface area (Å²) in [4.78, 5) is 37.7. The number of carboxylic acids is 1. The highest BCUT2D eigenvalue weighted by atomic mass is 16.7. The van der Waals surface area contributed by atoms with Crippen molar-refractivity contribution in [2.24, 2.45) is 0 Å². The summed E-state index contributed by atoms with van der Waals surface area (Å²) in [5.41, 5.74) is 0. The molecule has 0 saturated carbocycles. The van der Waals surface area contributed by atoms with Gasteiger partial charge in [-0.3, -0.25) is 9.59 Å². The number of hydrogen-bond acceptors (Lipinski definition) is 7. The van der Waals surface area contributed by atoms with Crippen LogP contribution in [0.5, 0.6) is 0 Å². The topological polar surface area (TPSA) is 108 Å². The molecule has 0 aliphatic carbocycles. The van der Waals surface area contributed by atoms with Crippen LogP contribution in [0, 0.1) is 0 Å². The number of carbonyl (C=O) groups is 3. The minimum Gasteiger partial charge on any atom is -0.477 e. The molecule has 2 unspecified atom stereocenters. The van der Waals surface area contributed by atoms with Crippen LogP contribution in [0.15, 0.2) is 146 Å². The van der Waals surface area contributed by atoms with Gasteiger partial charge in [-0.25, -0.2) is 4.79 Å². The molecule has 0 heterocycles. The normalized spacial score (nSPS) is 13.5. The molecule has 0 aromatic rings. The first-order valence-corrected chi connectivity index (χ1v) is 38.0. The zero-order chi connectivity index (χ0) is 67.5. The Balaban J connectivity index is 4.09. The molecular formula is C84H142NO8+. The van der Waals surface area contributed by atoms with Crippen LogP contribution in [0.4, 0.5) is 0 Å². The molecule has 93 heavy (non-hydrogen) atoms. The van der Waals surface area contributed by atoms with E-state index in [-0.39, 0.29) is 32.2 Å². The van der Waals surface area contributed by atoms with Crippen LogP contribution in [0.25, 0.3) is 0 Å². The number of carbonyl (C=O) groups excluding carboxylic acids is 2. The van der Waals surface area contributed by atoms with Crippen molar-refractivity contribution in [2.45, 2.75) is 322 Å². The second kappa shape index (κ2) is 73.0. The highest BCUT2D eigenvalue weighted by Crippen LogP contribution is 2.18. The number of esters is 2. The fraction of sp³-hybridized carbons (Fsp3) is 0.679. The first kappa shape index (κ1) is 88.2. The van der Waals surface area contributed by atoms with E-state index in [2.05, 4.69) is 160 Å². The molecule has 0 rings (SSSR count). The zero-order valence-electron chi connectivity index (χ0n) is 60.6. The van der Waals surface area contributed by atoms with Crippen LogP contribution in [-0.4, -0.2) is 87.4 Å². The molecule has 0 radical (unpaired) electrons. The lowest BCUT2D eigenvalue weighted by atomic mass is 10.0. The number of ether oxygens (including phenoxy) is 4. The molecule has 0 bridgehead atoms. The molecule has 0 spiro atoms. The minimum atomic E-state index is -1.52. The summed E-state index contributed by atoms with van der Waals surface area (Å²) in [6, 6.07) is 0. The maximum absolute atomic E-state index is 13.0. The molecule has 2 atom stereocenters. The maximum Gasteiger partial charge on any atom is 0.361 e. The number of unbranched alkanes of at least 4 members (excludes halogenated alkanes) is 30. The van der Waals surface area contributed by atoms with Gasteiger partial charge >= 0.3 is 17.9 Å². The fourth-order valence-corrected chi connectivity index (χ4v) is 10.4. The number of likely N-dealkylation sites (N-methyl/N-ethyl adjacent to an activating group) is 1. The smallest absolute Gasteiger partial charge is 0.361 e. The number of nitrogens with zero attached hydrogens (tertiary/aromatic N) is 1. The van der Waals surface area contributed by atoms with Crippen molar-refractivity contribution in [3.05, 3.63) is 146 Å². The van der Waals surface area contributed by atoms with E-state index in [1.165, 1.54) is 161 Å². The van der Waals surface area contributed by atoms with Crippen LogP contribution < -0.4 is 0 Å². The standard InChI is InChI=1S/C84H141NO8/c1-6-8-10-12-14-16-18-20-22-24-26-28-30-32-34-36-38-40-41-43-45-47-49-51-53-55-57-59-61-63-65-67-69-71-73-75-82(87)93-80(79-92-84(83(88)89)90-77-76-85(3,4)5)78-91-81(86)74-72-70-68-66-64-62-60-58-56-54-52-50-48-46-44-42-39-37-35-33-31-29-27-25-23-21-19-17-15-13-11-9-7-2/h8-11,14-17,20-23,26-29,32-35,38,40,43,45,80,84H,6-7,12-13,18-19,24-25,30-31,36-37,39,41-42,44,46-79H2,1-5H3/p+1/b10-8-,11-9-,16-14-,17-15-,22-20-,23-21-,28-26-,29-27-,34-32-,35-33-,40-38-,45-43-.